The van der Waals surface area contributed by atoms with E-state index in [1.54, 1.807) is 6.29 Å². The van der Waals surface area contributed by atoms with Gasteiger partial charge in [-0.15, -0.1) is 0 Å². The van der Waals surface area contributed by atoms with E-state index in [0.717, 1.165) is 30.1 Å². The van der Waals surface area contributed by atoms with E-state index in [1.807, 2.05) is 43.3 Å². The Hall–Kier alpha value is -1.38. The zero-order chi connectivity index (χ0) is 25.8. The predicted octanol–water partition coefficient (Wildman–Crippen LogP) is 6.11. The summed E-state index contributed by atoms with van der Waals surface area (Å²) in [6.07, 6.45) is 16.0. The van der Waals surface area contributed by atoms with Crippen LogP contribution in [0.25, 0.3) is 0 Å². The summed E-state index contributed by atoms with van der Waals surface area (Å²) < 4.78 is 33.1. The lowest BCUT2D eigenvalue weighted by atomic mass is 10.1. The second-order valence-corrected chi connectivity index (χ2v) is 8.84. The fraction of sp³-hybridized carbons (Fsp3) is 0.690. The van der Waals surface area contributed by atoms with Gasteiger partial charge >= 0.3 is 6.29 Å². The summed E-state index contributed by atoms with van der Waals surface area (Å²) in [5.74, 6) is 1.85. The molecule has 0 saturated carbocycles. The van der Waals surface area contributed by atoms with Crippen molar-refractivity contribution in [1.82, 2.24) is 0 Å². The SMILES string of the molecule is CC[O+]=Cc1ccc(OC/C=C/COCCOCCOCCOCCCCCCCCCCS)cc1. The molecule has 1 rings (SSSR count). The van der Waals surface area contributed by atoms with Crippen LogP contribution in [-0.2, 0) is 18.9 Å². The molecule has 0 unspecified atom stereocenters. The maximum atomic E-state index is 5.67. The fourth-order valence-corrected chi connectivity index (χ4v) is 3.51. The molecule has 36 heavy (non-hydrogen) atoms. The first-order valence-corrected chi connectivity index (χ1v) is 14.2. The van der Waals surface area contributed by atoms with Gasteiger partial charge < -0.3 is 23.7 Å². The summed E-state index contributed by atoms with van der Waals surface area (Å²) in [6, 6.07) is 7.80. The quantitative estimate of drug-likeness (QED) is 0.0520. The molecule has 0 spiro atoms. The molecule has 1 aromatic rings. The minimum atomic E-state index is 0.507. The van der Waals surface area contributed by atoms with E-state index < -0.39 is 0 Å². The van der Waals surface area contributed by atoms with Gasteiger partial charge in [-0.05, 0) is 48.9 Å². The van der Waals surface area contributed by atoms with E-state index in [0.29, 0.717) is 59.5 Å². The average Bonchev–Trinajstić information content (AvgIpc) is 2.90. The molecule has 0 atom stereocenters. The Labute approximate surface area is 224 Å². The largest absolute Gasteiger partial charge is 0.490 e. The third-order valence-electron chi connectivity index (χ3n) is 5.31. The number of thiol groups is 1. The smallest absolute Gasteiger partial charge is 0.315 e. The molecule has 1 aromatic carbocycles. The molecule has 7 heteroatoms. The first kappa shape index (κ1) is 32.6. The second kappa shape index (κ2) is 26.7. The maximum absolute atomic E-state index is 5.67. The average molecular weight is 526 g/mol. The number of aldehydes is 1. The molecule has 0 heterocycles. The standard InChI is InChI=1S/C29H48O6S/c1-2-30-27-28-13-15-29(16-14-28)35-19-11-10-18-32-21-23-34-25-24-33-22-20-31-17-9-7-5-3-4-6-8-12-26-36/h10-11,13-16,27H,2-9,12,17-26H2,1H3/p+1/b11-10+. The van der Waals surface area contributed by atoms with Crippen LogP contribution in [0, 0.1) is 0 Å². The fourth-order valence-electron chi connectivity index (χ4n) is 3.29. The van der Waals surface area contributed by atoms with E-state index in [4.69, 9.17) is 28.1 Å². The van der Waals surface area contributed by atoms with Crippen molar-refractivity contribution in [3.8, 4) is 5.75 Å². The molecule has 206 valence electrons. The van der Waals surface area contributed by atoms with Gasteiger partial charge in [0.15, 0.2) is 0 Å². The Balaban J connectivity index is 1.76. The van der Waals surface area contributed by atoms with Crippen molar-refractivity contribution in [3.63, 3.8) is 0 Å². The normalized spacial score (nSPS) is 11.7. The zero-order valence-corrected chi connectivity index (χ0v) is 23.3. The predicted molar refractivity (Wildman–Crippen MR) is 151 cm³/mol. The Morgan fingerprint density at radius 2 is 1.17 bits per heavy atom. The van der Waals surface area contributed by atoms with Crippen molar-refractivity contribution < 1.29 is 28.1 Å². The van der Waals surface area contributed by atoms with Crippen LogP contribution in [0.5, 0.6) is 5.75 Å². The lowest BCUT2D eigenvalue weighted by Gasteiger charge is -2.07. The molecule has 6 nitrogen and oxygen atoms in total. The van der Waals surface area contributed by atoms with Crippen molar-refractivity contribution in [2.24, 2.45) is 0 Å². The van der Waals surface area contributed by atoms with Gasteiger partial charge in [0.25, 0.3) is 6.61 Å². The lowest BCUT2D eigenvalue weighted by molar-refractivity contribution is -0.257. The van der Waals surface area contributed by atoms with E-state index in [-0.39, 0.29) is 0 Å². The Bertz CT molecular complexity index is 635. The molecule has 0 aliphatic rings. The van der Waals surface area contributed by atoms with E-state index in [1.165, 1.54) is 44.9 Å². The number of rotatable bonds is 26. The van der Waals surface area contributed by atoms with Gasteiger partial charge in [-0.3, -0.25) is 4.42 Å². The van der Waals surface area contributed by atoms with Crippen molar-refractivity contribution in [3.05, 3.63) is 42.0 Å². The molecule has 0 radical (unpaired) electrons. The summed E-state index contributed by atoms with van der Waals surface area (Å²) in [5.41, 5.74) is 1.02. The number of hydrogen-bond acceptors (Lipinski definition) is 6. The van der Waals surface area contributed by atoms with E-state index in [2.05, 4.69) is 12.6 Å². The highest BCUT2D eigenvalue weighted by Crippen LogP contribution is 2.11. The third-order valence-corrected chi connectivity index (χ3v) is 5.62. The number of benzene rings is 1. The Morgan fingerprint density at radius 3 is 1.78 bits per heavy atom. The summed E-state index contributed by atoms with van der Waals surface area (Å²) in [5, 5.41) is 0. The number of hydrogen-bond donors (Lipinski definition) is 1. The van der Waals surface area contributed by atoms with Crippen LogP contribution >= 0.6 is 12.6 Å². The molecule has 0 amide bonds. The maximum Gasteiger partial charge on any atom is 0.315 e. The topological polar surface area (TPSA) is 57.5 Å². The molecule has 0 saturated heterocycles. The summed E-state index contributed by atoms with van der Waals surface area (Å²) >= 11 is 4.24. The van der Waals surface area contributed by atoms with Gasteiger partial charge in [-0.2, -0.15) is 12.6 Å². The van der Waals surface area contributed by atoms with Gasteiger partial charge in [-0.25, -0.2) is 0 Å². The molecule has 0 aliphatic heterocycles. The monoisotopic (exact) mass is 525 g/mol. The van der Waals surface area contributed by atoms with Crippen molar-refractivity contribution in [1.29, 1.82) is 0 Å². The lowest BCUT2D eigenvalue weighted by Crippen LogP contribution is -2.12. The molecule has 0 bridgehead atoms. The summed E-state index contributed by atoms with van der Waals surface area (Å²) in [6.45, 7) is 8.05. The highest BCUT2D eigenvalue weighted by Gasteiger charge is 1.97. The zero-order valence-electron chi connectivity index (χ0n) is 22.4. The van der Waals surface area contributed by atoms with Crippen molar-refractivity contribution >= 4 is 18.9 Å². The van der Waals surface area contributed by atoms with Gasteiger partial charge in [0.2, 0.25) is 0 Å². The van der Waals surface area contributed by atoms with Crippen molar-refractivity contribution in [2.75, 3.05) is 71.8 Å². The van der Waals surface area contributed by atoms with E-state index >= 15 is 0 Å². The van der Waals surface area contributed by atoms with Crippen LogP contribution in [0.2, 0.25) is 0 Å². The van der Waals surface area contributed by atoms with Crippen LogP contribution < -0.4 is 4.74 Å². The van der Waals surface area contributed by atoms with Gasteiger partial charge in [-0.1, -0.05) is 44.6 Å². The van der Waals surface area contributed by atoms with Crippen molar-refractivity contribution in [2.45, 2.75) is 58.3 Å². The number of carbonyl (C=O) groups excluding carboxylic acids is 1. The van der Waals surface area contributed by atoms with Crippen LogP contribution in [0.1, 0.15) is 68.3 Å². The highest BCUT2D eigenvalue weighted by molar-refractivity contribution is 7.80. The molecule has 0 aromatic heterocycles. The number of unbranched alkanes of at least 4 members (excludes halogenated alkanes) is 7. The van der Waals surface area contributed by atoms with Gasteiger partial charge in [0, 0.05) is 13.5 Å². The summed E-state index contributed by atoms with van der Waals surface area (Å²) in [7, 11) is 0. The second-order valence-electron chi connectivity index (χ2n) is 8.39. The Kier molecular flexibility index (Phi) is 24.2. The molecule has 0 fully saturated rings. The minimum Gasteiger partial charge on any atom is -0.490 e. The molecule has 0 N–H and O–H groups in total. The Morgan fingerprint density at radius 1 is 0.639 bits per heavy atom. The molecular weight excluding hydrogens is 476 g/mol. The number of ether oxygens (including phenoxy) is 5. The molecular formula is C29H49O6S+. The summed E-state index contributed by atoms with van der Waals surface area (Å²) in [4.78, 5) is 0. The van der Waals surface area contributed by atoms with Crippen LogP contribution in [0.3, 0.4) is 0 Å². The van der Waals surface area contributed by atoms with E-state index in [9.17, 15) is 0 Å². The van der Waals surface area contributed by atoms with Gasteiger partial charge in [0.1, 0.15) is 12.4 Å². The van der Waals surface area contributed by atoms with Gasteiger partial charge in [0.05, 0.1) is 51.8 Å². The highest BCUT2D eigenvalue weighted by atomic mass is 32.1. The molecule has 0 aliphatic carbocycles. The minimum absolute atomic E-state index is 0.507. The third kappa shape index (κ3) is 21.9. The first-order valence-electron chi connectivity index (χ1n) is 13.6. The van der Waals surface area contributed by atoms with Crippen LogP contribution in [0.15, 0.2) is 36.4 Å². The van der Waals surface area contributed by atoms with Crippen LogP contribution in [-0.4, -0.2) is 78.1 Å². The van der Waals surface area contributed by atoms with Crippen LogP contribution in [0.4, 0.5) is 0 Å². The first-order chi connectivity index (χ1) is 17.9.